The minimum atomic E-state index is -0.576. The summed E-state index contributed by atoms with van der Waals surface area (Å²) < 4.78 is 7.34. The standard InChI is InChI=1S/C17H20ClN5O2/c1-23-17(20-15(22-23)10-4-6-19-7-5-10)21-16(24)14-9-11-8-12(18)2-3-13(11)25-14/h2-3,8,10,14,19H,4-7,9H2,1H3,(H,20,21,22,24). The zero-order valence-corrected chi connectivity index (χ0v) is 14.7. The van der Waals surface area contributed by atoms with Crippen LogP contribution in [0.5, 0.6) is 5.75 Å². The lowest BCUT2D eigenvalue weighted by molar-refractivity contribution is -0.122. The summed E-state index contributed by atoms with van der Waals surface area (Å²) in [6, 6.07) is 5.39. The largest absolute Gasteiger partial charge is 0.480 e. The van der Waals surface area contributed by atoms with Gasteiger partial charge in [0.1, 0.15) is 5.75 Å². The molecule has 0 saturated carbocycles. The van der Waals surface area contributed by atoms with Gasteiger partial charge < -0.3 is 10.1 Å². The van der Waals surface area contributed by atoms with Crippen molar-refractivity contribution in [2.24, 2.45) is 7.05 Å². The highest BCUT2D eigenvalue weighted by Gasteiger charge is 2.30. The van der Waals surface area contributed by atoms with E-state index < -0.39 is 6.10 Å². The van der Waals surface area contributed by atoms with Crippen LogP contribution in [0.25, 0.3) is 0 Å². The van der Waals surface area contributed by atoms with Crippen molar-refractivity contribution in [3.05, 3.63) is 34.6 Å². The Morgan fingerprint density at radius 1 is 1.40 bits per heavy atom. The summed E-state index contributed by atoms with van der Waals surface area (Å²) in [4.78, 5) is 17.1. The molecule has 0 spiro atoms. The van der Waals surface area contributed by atoms with Crippen LogP contribution in [0.2, 0.25) is 5.02 Å². The second kappa shape index (κ2) is 6.65. The molecule has 8 heteroatoms. The number of amides is 1. The molecule has 1 saturated heterocycles. The average Bonchev–Trinajstić information content (AvgIpc) is 3.19. The Morgan fingerprint density at radius 2 is 2.20 bits per heavy atom. The predicted octanol–water partition coefficient (Wildman–Crippen LogP) is 1.88. The summed E-state index contributed by atoms with van der Waals surface area (Å²) in [5.41, 5.74) is 0.945. The van der Waals surface area contributed by atoms with E-state index in [1.54, 1.807) is 23.9 Å². The van der Waals surface area contributed by atoms with Gasteiger partial charge in [-0.1, -0.05) is 11.6 Å². The van der Waals surface area contributed by atoms with Gasteiger partial charge >= 0.3 is 0 Å². The molecular formula is C17H20ClN5O2. The van der Waals surface area contributed by atoms with Crippen LogP contribution in [0, 0.1) is 0 Å². The fourth-order valence-electron chi connectivity index (χ4n) is 3.32. The van der Waals surface area contributed by atoms with Crippen molar-refractivity contribution < 1.29 is 9.53 Å². The number of hydrogen-bond donors (Lipinski definition) is 2. The van der Waals surface area contributed by atoms with Crippen LogP contribution in [0.1, 0.15) is 30.1 Å². The van der Waals surface area contributed by atoms with Gasteiger partial charge in [-0.25, -0.2) is 4.68 Å². The van der Waals surface area contributed by atoms with Gasteiger partial charge in [-0.05, 0) is 49.7 Å². The number of nitrogens with one attached hydrogen (secondary N) is 2. The number of ether oxygens (including phenoxy) is 1. The molecule has 132 valence electrons. The number of nitrogens with zero attached hydrogens (tertiary/aromatic N) is 3. The Kier molecular flexibility index (Phi) is 4.35. The average molecular weight is 362 g/mol. The highest BCUT2D eigenvalue weighted by molar-refractivity contribution is 6.30. The second-order valence-electron chi connectivity index (χ2n) is 6.49. The molecule has 7 nitrogen and oxygen atoms in total. The Labute approximate surface area is 150 Å². The predicted molar refractivity (Wildman–Crippen MR) is 94.0 cm³/mol. The van der Waals surface area contributed by atoms with Crippen molar-refractivity contribution >= 4 is 23.5 Å². The number of anilines is 1. The van der Waals surface area contributed by atoms with Crippen molar-refractivity contribution in [2.75, 3.05) is 18.4 Å². The van der Waals surface area contributed by atoms with Crippen molar-refractivity contribution in [1.82, 2.24) is 20.1 Å². The van der Waals surface area contributed by atoms with E-state index in [2.05, 4.69) is 20.7 Å². The molecular weight excluding hydrogens is 342 g/mol. The van der Waals surface area contributed by atoms with E-state index in [1.165, 1.54) is 0 Å². The summed E-state index contributed by atoms with van der Waals surface area (Å²) in [7, 11) is 1.79. The van der Waals surface area contributed by atoms with Crippen LogP contribution in [0.15, 0.2) is 18.2 Å². The molecule has 0 aliphatic carbocycles. The van der Waals surface area contributed by atoms with Crippen molar-refractivity contribution in [3.8, 4) is 5.75 Å². The normalized spacial score (nSPS) is 20.2. The molecule has 2 aliphatic heterocycles. The summed E-state index contributed by atoms with van der Waals surface area (Å²) >= 11 is 6.00. The zero-order chi connectivity index (χ0) is 17.4. The van der Waals surface area contributed by atoms with E-state index in [9.17, 15) is 4.79 Å². The Hall–Kier alpha value is -2.12. The zero-order valence-electron chi connectivity index (χ0n) is 14.0. The van der Waals surface area contributed by atoms with Gasteiger partial charge in [-0.3, -0.25) is 10.1 Å². The number of carbonyl (C=O) groups is 1. The Balaban J connectivity index is 1.44. The molecule has 0 radical (unpaired) electrons. The molecule has 1 aromatic heterocycles. The molecule has 25 heavy (non-hydrogen) atoms. The lowest BCUT2D eigenvalue weighted by atomic mass is 9.98. The summed E-state index contributed by atoms with van der Waals surface area (Å²) in [6.07, 6.45) is 1.95. The molecule has 3 heterocycles. The van der Waals surface area contributed by atoms with E-state index in [4.69, 9.17) is 16.3 Å². The van der Waals surface area contributed by atoms with Crippen LogP contribution in [-0.2, 0) is 18.3 Å². The van der Waals surface area contributed by atoms with E-state index in [-0.39, 0.29) is 5.91 Å². The molecule has 1 atom stereocenters. The number of benzene rings is 1. The summed E-state index contributed by atoms with van der Waals surface area (Å²) in [5, 5.41) is 11.3. The van der Waals surface area contributed by atoms with Crippen LogP contribution < -0.4 is 15.4 Å². The van der Waals surface area contributed by atoms with E-state index in [1.807, 2.05) is 6.07 Å². The smallest absolute Gasteiger partial charge is 0.268 e. The van der Waals surface area contributed by atoms with Crippen molar-refractivity contribution in [1.29, 1.82) is 0 Å². The fraction of sp³-hybridized carbons (Fsp3) is 0.471. The van der Waals surface area contributed by atoms with Gasteiger partial charge in [-0.15, -0.1) is 0 Å². The third kappa shape index (κ3) is 3.34. The van der Waals surface area contributed by atoms with E-state index in [0.717, 1.165) is 37.3 Å². The molecule has 4 rings (SSSR count). The third-order valence-corrected chi connectivity index (χ3v) is 4.94. The fourth-order valence-corrected chi connectivity index (χ4v) is 3.51. The van der Waals surface area contributed by atoms with Gasteiger partial charge in [0.05, 0.1) is 0 Å². The number of rotatable bonds is 3. The molecule has 2 aliphatic rings. The molecule has 2 aromatic rings. The first kappa shape index (κ1) is 16.4. The minimum Gasteiger partial charge on any atom is -0.480 e. The molecule has 0 bridgehead atoms. The third-order valence-electron chi connectivity index (χ3n) is 4.71. The van der Waals surface area contributed by atoms with Gasteiger partial charge in [0.2, 0.25) is 5.95 Å². The van der Waals surface area contributed by atoms with Crippen LogP contribution in [-0.4, -0.2) is 39.9 Å². The first-order chi connectivity index (χ1) is 12.1. The number of aromatic nitrogens is 3. The monoisotopic (exact) mass is 361 g/mol. The highest BCUT2D eigenvalue weighted by atomic mass is 35.5. The summed E-state index contributed by atoms with van der Waals surface area (Å²) in [5.74, 6) is 2.07. The number of hydrogen-bond acceptors (Lipinski definition) is 5. The SMILES string of the molecule is Cn1nc(C2CCNCC2)nc1NC(=O)C1Cc2cc(Cl)ccc2O1. The Morgan fingerprint density at radius 3 is 3.00 bits per heavy atom. The maximum Gasteiger partial charge on any atom is 0.268 e. The van der Waals surface area contributed by atoms with Gasteiger partial charge in [0.15, 0.2) is 11.9 Å². The van der Waals surface area contributed by atoms with E-state index in [0.29, 0.717) is 29.1 Å². The molecule has 1 unspecified atom stereocenters. The highest BCUT2D eigenvalue weighted by Crippen LogP contribution is 2.31. The maximum absolute atomic E-state index is 12.5. The number of carbonyl (C=O) groups excluding carboxylic acids is 1. The topological polar surface area (TPSA) is 81.1 Å². The Bertz CT molecular complexity index is 800. The van der Waals surface area contributed by atoms with Crippen molar-refractivity contribution in [3.63, 3.8) is 0 Å². The van der Waals surface area contributed by atoms with Gasteiger partial charge in [0.25, 0.3) is 5.91 Å². The number of halogens is 1. The van der Waals surface area contributed by atoms with Crippen LogP contribution >= 0.6 is 11.6 Å². The number of piperidine rings is 1. The van der Waals surface area contributed by atoms with Crippen molar-refractivity contribution in [2.45, 2.75) is 31.3 Å². The van der Waals surface area contributed by atoms with Crippen LogP contribution in [0.3, 0.4) is 0 Å². The molecule has 1 amide bonds. The van der Waals surface area contributed by atoms with E-state index >= 15 is 0 Å². The molecule has 2 N–H and O–H groups in total. The summed E-state index contributed by atoms with van der Waals surface area (Å²) in [6.45, 7) is 1.95. The second-order valence-corrected chi connectivity index (χ2v) is 6.93. The minimum absolute atomic E-state index is 0.223. The van der Waals surface area contributed by atoms with Gasteiger partial charge in [0, 0.05) is 24.4 Å². The lowest BCUT2D eigenvalue weighted by Crippen LogP contribution is -2.32. The van der Waals surface area contributed by atoms with Crippen LogP contribution in [0.4, 0.5) is 5.95 Å². The number of fused-ring (bicyclic) bond motifs is 1. The lowest BCUT2D eigenvalue weighted by Gasteiger charge is -2.19. The first-order valence-corrected chi connectivity index (χ1v) is 8.85. The molecule has 1 aromatic carbocycles. The number of aryl methyl sites for hydroxylation is 1. The van der Waals surface area contributed by atoms with Gasteiger partial charge in [-0.2, -0.15) is 10.1 Å². The maximum atomic E-state index is 12.5. The quantitative estimate of drug-likeness (QED) is 0.872. The molecule has 1 fully saturated rings. The first-order valence-electron chi connectivity index (χ1n) is 8.48.